The first-order valence-electron chi connectivity index (χ1n) is 42.3. The number of allylic oxidation sites excluding steroid dienone is 1. The smallest absolute Gasteiger partial charge is 0.410 e. The van der Waals surface area contributed by atoms with Crippen LogP contribution in [0.15, 0.2) is 127 Å². The highest BCUT2D eigenvalue weighted by Crippen LogP contribution is 2.37. The van der Waals surface area contributed by atoms with Gasteiger partial charge in [0, 0.05) is 215 Å². The fourth-order valence-electron chi connectivity index (χ4n) is 16.4. The van der Waals surface area contributed by atoms with Crippen molar-refractivity contribution >= 4 is 53.5 Å². The Hall–Kier alpha value is -10.2. The average Bonchev–Trinajstić information content (AvgIpc) is 1.59. The van der Waals surface area contributed by atoms with Crippen molar-refractivity contribution in [1.82, 2.24) is 69.0 Å². The van der Waals surface area contributed by atoms with Crippen LogP contribution in [0.2, 0.25) is 0 Å². The molecule has 4 saturated heterocycles. The summed E-state index contributed by atoms with van der Waals surface area (Å²) in [5.41, 5.74) is 13.9. The molecule has 9 amide bonds. The molecule has 2 unspecified atom stereocenters. The van der Waals surface area contributed by atoms with E-state index >= 15 is 0 Å². The molecule has 120 heavy (non-hydrogen) atoms. The van der Waals surface area contributed by atoms with Crippen LogP contribution < -0.4 is 5.32 Å². The van der Waals surface area contributed by atoms with Crippen LogP contribution in [0.4, 0.5) is 9.59 Å². The van der Waals surface area contributed by atoms with Crippen molar-refractivity contribution in [3.05, 3.63) is 199 Å². The molecule has 5 aromatic carbocycles. The Bertz CT molecular complexity index is 4620. The molecule has 9 aliphatic heterocycles. The van der Waals surface area contributed by atoms with E-state index in [1.807, 2.05) is 129 Å². The summed E-state index contributed by atoms with van der Waals surface area (Å²) < 4.78 is 20.6. The van der Waals surface area contributed by atoms with E-state index in [2.05, 4.69) is 139 Å². The number of carbonyl (C=O) groups excluding carboxylic acids is 9. The van der Waals surface area contributed by atoms with Gasteiger partial charge in [0.2, 0.25) is 17.7 Å². The second kappa shape index (κ2) is 38.3. The summed E-state index contributed by atoms with van der Waals surface area (Å²) in [6, 6.07) is 33.1. The Morgan fingerprint density at radius 2 is 0.725 bits per heavy atom. The number of fused-ring (bicyclic) bond motifs is 4. The van der Waals surface area contributed by atoms with E-state index in [4.69, 9.17) is 18.9 Å². The molecule has 4 fully saturated rings. The molecule has 9 aliphatic rings. The first kappa shape index (κ1) is 90.6. The van der Waals surface area contributed by atoms with E-state index in [0.717, 1.165) is 96.9 Å². The predicted octanol–water partition coefficient (Wildman–Crippen LogP) is 10.6. The zero-order valence-corrected chi connectivity index (χ0v) is 74.2. The minimum Gasteiger partial charge on any atom is -0.453 e. The van der Waals surface area contributed by atoms with Crippen LogP contribution in [0.1, 0.15) is 195 Å². The molecule has 2 atom stereocenters. The standard InChI is InChI=1S/C28H36N4O3.C24H31N3O5.C22H34N4O2.C19H27N3O3/c1-20(33)29-25(17-21-9-6-5-7-10-21)27(35)31-15-13-30(14-16-31)26(34)23-12-8-11-22-18-32(19-24(22)23)28(2,3)4;1-16-21(32-17(2)31-16)15-30-23(29)26-11-9-25(10-12-26)22(28)19-8-6-7-18-13-27(14-20(18)19)24(3,4)5;1-16(23(5)6)20(27)24-10-12-25(13-11-24)21(28)18-9-7-8-17-14-26(15-19(17)18)22(2,3)4;1-19(2,3)22-12-14-6-5-7-15(16(14)13-22)17(23)20-8-10-21(11-9-20)18(24)25-4/h5-12,25H,13-19H2,1-4H3,(H,29,33);6-8H,2,9-15H2,1,3-5H3;7-9,16H,10-15H2,1-6H3;5-7H,8-13H2,1-4H3. The van der Waals surface area contributed by atoms with Gasteiger partial charge in [0.15, 0.2) is 12.4 Å². The van der Waals surface area contributed by atoms with Crippen LogP contribution in [-0.2, 0) is 92.1 Å². The molecule has 14 rings (SSSR count). The first-order valence-corrected chi connectivity index (χ1v) is 42.3. The molecule has 27 heteroatoms. The summed E-state index contributed by atoms with van der Waals surface area (Å²) >= 11 is 0. The van der Waals surface area contributed by atoms with Crippen molar-refractivity contribution in [2.24, 2.45) is 0 Å². The predicted molar refractivity (Wildman–Crippen MR) is 460 cm³/mol. The monoisotopic (exact) mass is 1650 g/mol. The molecule has 0 bridgehead atoms. The van der Waals surface area contributed by atoms with Crippen LogP contribution in [-0.4, -0.2) is 284 Å². The lowest BCUT2D eigenvalue weighted by molar-refractivity contribution is -0.137. The van der Waals surface area contributed by atoms with Gasteiger partial charge in [-0.15, -0.1) is 0 Å². The minimum atomic E-state index is -0.613. The Morgan fingerprint density at radius 3 is 1.02 bits per heavy atom. The number of benzene rings is 5. The minimum absolute atomic E-state index is 0.0107. The summed E-state index contributed by atoms with van der Waals surface area (Å²) in [7, 11) is 5.21. The van der Waals surface area contributed by atoms with E-state index in [1.165, 1.54) is 41.9 Å². The van der Waals surface area contributed by atoms with E-state index < -0.39 is 12.1 Å². The molecule has 0 aromatic heterocycles. The zero-order valence-electron chi connectivity index (χ0n) is 74.2. The number of hydrogen-bond acceptors (Lipinski definition) is 18. The Morgan fingerprint density at radius 1 is 0.417 bits per heavy atom. The average molecular weight is 1650 g/mol. The molecule has 9 heterocycles. The SMILES string of the molecule is C=C1OC(C)=C(COC(=O)N2CCN(C(=O)c3cccc4c3CN(C(C)(C)C)C4)CC2)O1.CC(=O)NC(Cc1ccccc1)C(=O)N1CCN(C(=O)c2cccc3c2CN(C(C)(C)C)C3)CC1.CC(C(=O)N1CCN(C(=O)c2cccc3c2CN(C(C)(C)C)C3)CC1)N(C)C.COC(=O)N1CCN(C(=O)c2cccc3c2CN(C(C)(C)C)C3)CC1. The summed E-state index contributed by atoms with van der Waals surface area (Å²) in [4.78, 5) is 140. The Labute approximate surface area is 710 Å². The highest BCUT2D eigenvalue weighted by Gasteiger charge is 2.40. The fourth-order valence-corrected chi connectivity index (χ4v) is 16.4. The maximum absolute atomic E-state index is 13.5. The lowest BCUT2D eigenvalue weighted by Gasteiger charge is -2.37. The number of likely N-dealkylation sites (N-methyl/N-ethyl adjacent to an activating group) is 1. The maximum Gasteiger partial charge on any atom is 0.410 e. The number of hydrogen-bond donors (Lipinski definition) is 1. The molecule has 5 aromatic rings. The van der Waals surface area contributed by atoms with E-state index in [0.29, 0.717) is 123 Å². The summed E-state index contributed by atoms with van der Waals surface area (Å²) in [6.45, 7) is 49.9. The maximum atomic E-state index is 13.5. The van der Waals surface area contributed by atoms with Crippen molar-refractivity contribution in [3.8, 4) is 0 Å². The summed E-state index contributed by atoms with van der Waals surface area (Å²) in [5.74, 6) is 1.20. The second-order valence-corrected chi connectivity index (χ2v) is 36.8. The van der Waals surface area contributed by atoms with Crippen molar-refractivity contribution < 1.29 is 62.1 Å². The molecule has 648 valence electrons. The topological polar surface area (TPSA) is 245 Å². The summed E-state index contributed by atoms with van der Waals surface area (Å²) in [5, 5.41) is 2.81. The van der Waals surface area contributed by atoms with Crippen LogP contribution in [0.5, 0.6) is 0 Å². The van der Waals surface area contributed by atoms with Gasteiger partial charge in [-0.25, -0.2) is 9.59 Å². The van der Waals surface area contributed by atoms with Gasteiger partial charge in [-0.3, -0.25) is 58.1 Å². The Kier molecular flexibility index (Phi) is 28.9. The van der Waals surface area contributed by atoms with Crippen molar-refractivity contribution in [3.63, 3.8) is 0 Å². The lowest BCUT2D eigenvalue weighted by Crippen LogP contribution is -2.56. The zero-order chi connectivity index (χ0) is 87.0. The number of piperazine rings is 4. The second-order valence-electron chi connectivity index (χ2n) is 36.8. The molecule has 0 saturated carbocycles. The van der Waals surface area contributed by atoms with Gasteiger partial charge in [-0.05, 0) is 192 Å². The molecular weight excluding hydrogens is 1520 g/mol. The van der Waals surface area contributed by atoms with E-state index in [9.17, 15) is 43.2 Å². The van der Waals surface area contributed by atoms with Gasteiger partial charge in [0.1, 0.15) is 11.8 Å². The number of nitrogens with zero attached hydrogens (tertiary/aromatic N) is 13. The normalized spacial score (nSPS) is 18.3. The number of rotatable bonds is 12. The van der Waals surface area contributed by atoms with Crippen LogP contribution in [0, 0.1) is 0 Å². The van der Waals surface area contributed by atoms with Gasteiger partial charge < -0.3 is 63.5 Å². The quantitative estimate of drug-likeness (QED) is 0.122. The highest BCUT2D eigenvalue weighted by molar-refractivity contribution is 5.99. The van der Waals surface area contributed by atoms with Gasteiger partial charge >= 0.3 is 12.2 Å². The van der Waals surface area contributed by atoms with Gasteiger partial charge in [-0.2, -0.15) is 0 Å². The van der Waals surface area contributed by atoms with Gasteiger partial charge in [-0.1, -0.05) is 78.9 Å². The third-order valence-corrected chi connectivity index (χ3v) is 24.5. The van der Waals surface area contributed by atoms with Crippen LogP contribution in [0.3, 0.4) is 0 Å². The molecule has 0 spiro atoms. The van der Waals surface area contributed by atoms with Crippen molar-refractivity contribution in [2.45, 2.75) is 197 Å². The first-order chi connectivity index (χ1) is 56.7. The van der Waals surface area contributed by atoms with E-state index in [-0.39, 0.29) is 88.2 Å². The number of nitrogens with one attached hydrogen (secondary N) is 1. The number of ether oxygens (including phenoxy) is 4. The molecule has 0 radical (unpaired) electrons. The van der Waals surface area contributed by atoms with Gasteiger partial charge in [0.05, 0.1) is 13.2 Å². The van der Waals surface area contributed by atoms with Crippen molar-refractivity contribution in [1.29, 1.82) is 0 Å². The molecule has 1 N–H and O–H groups in total. The van der Waals surface area contributed by atoms with Crippen LogP contribution in [0.25, 0.3) is 0 Å². The third-order valence-electron chi connectivity index (χ3n) is 24.5. The molecular formula is C93H128N14O13. The van der Waals surface area contributed by atoms with Crippen LogP contribution >= 0.6 is 0 Å². The Balaban J connectivity index is 0.000000158. The van der Waals surface area contributed by atoms with Crippen molar-refractivity contribution in [2.75, 3.05) is 133 Å². The fraction of sp³-hybridized carbons (Fsp3) is 0.538. The largest absolute Gasteiger partial charge is 0.453 e. The van der Waals surface area contributed by atoms with E-state index in [1.54, 1.807) is 21.6 Å². The van der Waals surface area contributed by atoms with Gasteiger partial charge in [0.25, 0.3) is 29.6 Å². The summed E-state index contributed by atoms with van der Waals surface area (Å²) in [6.07, 6.45) is -0.313. The molecule has 0 aliphatic carbocycles. The lowest BCUT2D eigenvalue weighted by atomic mass is 10.0. The number of amides is 9. The number of methoxy groups -OCH3 is 1. The molecule has 27 nitrogen and oxygen atoms in total. The highest BCUT2D eigenvalue weighted by atomic mass is 16.7. The number of carbonyl (C=O) groups is 9. The third kappa shape index (κ3) is 21.9.